The molecule has 0 aliphatic carbocycles. The van der Waals surface area contributed by atoms with E-state index in [9.17, 15) is 14.7 Å². The molecule has 0 aromatic heterocycles. The van der Waals surface area contributed by atoms with Crippen molar-refractivity contribution >= 4 is 17.5 Å². The zero-order chi connectivity index (χ0) is 20.3. The van der Waals surface area contributed by atoms with Gasteiger partial charge in [-0.3, -0.25) is 9.59 Å². The number of aliphatic hydroxyl groups excluding tert-OH is 2. The van der Waals surface area contributed by atoms with E-state index in [-0.39, 0.29) is 18.4 Å². The van der Waals surface area contributed by atoms with E-state index in [0.29, 0.717) is 0 Å². The maximum Gasteiger partial charge on any atom is 0.253 e. The Morgan fingerprint density at radius 2 is 1.79 bits per heavy atom. The van der Waals surface area contributed by atoms with Crippen LogP contribution >= 0.6 is 0 Å². The molecule has 1 aliphatic rings. The van der Waals surface area contributed by atoms with E-state index in [2.05, 4.69) is 10.6 Å². The van der Waals surface area contributed by atoms with Crippen LogP contribution in [-0.2, 0) is 9.59 Å². The van der Waals surface area contributed by atoms with Crippen molar-refractivity contribution in [1.29, 1.82) is 0 Å². The number of benzene rings is 2. The molecule has 0 radical (unpaired) electrons. The molecular weight excluding hydrogens is 358 g/mol. The molecule has 0 spiro atoms. The molecule has 148 valence electrons. The monoisotopic (exact) mass is 383 g/mol. The van der Waals surface area contributed by atoms with Gasteiger partial charge in [0, 0.05) is 19.2 Å². The summed E-state index contributed by atoms with van der Waals surface area (Å²) >= 11 is 0. The predicted octanol–water partition coefficient (Wildman–Crippen LogP) is 0.819. The van der Waals surface area contributed by atoms with Gasteiger partial charge in [-0.15, -0.1) is 0 Å². The van der Waals surface area contributed by atoms with E-state index in [4.69, 9.17) is 5.11 Å². The first-order valence-corrected chi connectivity index (χ1v) is 9.22. The Kier molecular flexibility index (Phi) is 6.08. The summed E-state index contributed by atoms with van der Waals surface area (Å²) in [6, 6.07) is 13.7. The van der Waals surface area contributed by atoms with Crippen molar-refractivity contribution in [3.8, 4) is 11.1 Å². The predicted molar refractivity (Wildman–Crippen MR) is 107 cm³/mol. The summed E-state index contributed by atoms with van der Waals surface area (Å²) < 4.78 is 0. The van der Waals surface area contributed by atoms with Gasteiger partial charge in [0.2, 0.25) is 5.91 Å². The lowest BCUT2D eigenvalue weighted by Gasteiger charge is -2.24. The van der Waals surface area contributed by atoms with Crippen LogP contribution in [0, 0.1) is 0 Å². The molecule has 1 heterocycles. The number of aliphatic hydroxyl groups is 2. The first-order valence-electron chi connectivity index (χ1n) is 9.22. The average molecular weight is 383 g/mol. The Bertz CT molecular complexity index is 870. The van der Waals surface area contributed by atoms with E-state index < -0.39 is 24.8 Å². The normalized spacial score (nSPS) is 17.9. The molecule has 3 unspecified atom stereocenters. The Morgan fingerprint density at radius 3 is 2.50 bits per heavy atom. The summed E-state index contributed by atoms with van der Waals surface area (Å²) in [5.41, 5.74) is 3.36. The quantitative estimate of drug-likeness (QED) is 0.592. The molecule has 7 heteroatoms. The molecule has 0 saturated heterocycles. The fourth-order valence-electron chi connectivity index (χ4n) is 3.31. The highest BCUT2D eigenvalue weighted by Gasteiger charge is 2.33. The van der Waals surface area contributed by atoms with E-state index >= 15 is 0 Å². The molecule has 2 aromatic carbocycles. The van der Waals surface area contributed by atoms with Crippen molar-refractivity contribution in [2.24, 2.45) is 0 Å². The second-order valence-electron chi connectivity index (χ2n) is 6.91. The van der Waals surface area contributed by atoms with Crippen molar-refractivity contribution in [3.05, 3.63) is 54.1 Å². The Balaban J connectivity index is 1.89. The number of likely N-dealkylation sites (N-methyl/N-ethyl adjacent to an activating group) is 1. The molecule has 2 aromatic rings. The summed E-state index contributed by atoms with van der Waals surface area (Å²) in [6.45, 7) is 1.33. The van der Waals surface area contributed by atoms with Crippen molar-refractivity contribution in [3.63, 3.8) is 0 Å². The lowest BCUT2D eigenvalue weighted by atomic mass is 9.95. The van der Waals surface area contributed by atoms with Gasteiger partial charge in [0.1, 0.15) is 6.04 Å². The van der Waals surface area contributed by atoms with Gasteiger partial charge >= 0.3 is 0 Å². The number of nitrogens with zero attached hydrogens (tertiary/aromatic N) is 1. The lowest BCUT2D eigenvalue weighted by Crippen LogP contribution is -2.49. The van der Waals surface area contributed by atoms with Crippen LogP contribution in [0.25, 0.3) is 11.1 Å². The number of anilines is 1. The average Bonchev–Trinajstić information content (AvgIpc) is 2.81. The van der Waals surface area contributed by atoms with E-state index in [0.717, 1.165) is 22.4 Å². The second kappa shape index (κ2) is 8.52. The number of carbonyl (C=O) groups is 2. The van der Waals surface area contributed by atoms with Crippen LogP contribution in [0.3, 0.4) is 0 Å². The number of hydrogen-bond donors (Lipinski definition) is 4. The van der Waals surface area contributed by atoms with Crippen LogP contribution in [-0.4, -0.2) is 54.4 Å². The second-order valence-corrected chi connectivity index (χ2v) is 6.91. The molecular formula is C21H25N3O4. The number of para-hydroxylation sites is 1. The Morgan fingerprint density at radius 1 is 1.14 bits per heavy atom. The Labute approximate surface area is 164 Å². The van der Waals surface area contributed by atoms with Crippen LogP contribution in [0.1, 0.15) is 18.5 Å². The maximum atomic E-state index is 13.2. The maximum absolute atomic E-state index is 13.2. The summed E-state index contributed by atoms with van der Waals surface area (Å²) in [5.74, 6) is -0.592. The van der Waals surface area contributed by atoms with Gasteiger partial charge in [0.25, 0.3) is 5.91 Å². The molecule has 0 fully saturated rings. The largest absolute Gasteiger partial charge is 0.394 e. The lowest BCUT2D eigenvalue weighted by molar-refractivity contribution is -0.128. The molecule has 0 saturated carbocycles. The van der Waals surface area contributed by atoms with Crippen molar-refractivity contribution in [2.45, 2.75) is 25.1 Å². The van der Waals surface area contributed by atoms with E-state index in [1.54, 1.807) is 18.9 Å². The van der Waals surface area contributed by atoms with Crippen molar-refractivity contribution in [2.75, 3.05) is 25.1 Å². The highest BCUT2D eigenvalue weighted by Crippen LogP contribution is 2.39. The molecule has 28 heavy (non-hydrogen) atoms. The molecule has 3 rings (SSSR count). The number of nitrogens with one attached hydrogen (secondary N) is 2. The number of fused-ring (bicyclic) bond motifs is 3. The minimum Gasteiger partial charge on any atom is -0.394 e. The van der Waals surface area contributed by atoms with Crippen molar-refractivity contribution in [1.82, 2.24) is 10.6 Å². The fraction of sp³-hybridized carbons (Fsp3) is 0.333. The van der Waals surface area contributed by atoms with E-state index in [1.165, 1.54) is 0 Å². The van der Waals surface area contributed by atoms with Crippen molar-refractivity contribution < 1.29 is 19.8 Å². The van der Waals surface area contributed by atoms with Crippen LogP contribution in [0.2, 0.25) is 0 Å². The van der Waals surface area contributed by atoms with Crippen LogP contribution in [0.5, 0.6) is 0 Å². The van der Waals surface area contributed by atoms with Crippen LogP contribution in [0.4, 0.5) is 5.69 Å². The highest BCUT2D eigenvalue weighted by atomic mass is 16.3. The molecule has 7 nitrogen and oxygen atoms in total. The first kappa shape index (κ1) is 20.0. The minimum atomic E-state index is -0.948. The molecule has 3 atom stereocenters. The van der Waals surface area contributed by atoms with Gasteiger partial charge in [-0.1, -0.05) is 42.5 Å². The summed E-state index contributed by atoms with van der Waals surface area (Å²) in [5, 5.41) is 24.0. The van der Waals surface area contributed by atoms with Gasteiger partial charge in [-0.05, 0) is 24.1 Å². The molecule has 2 amide bonds. The van der Waals surface area contributed by atoms with Gasteiger partial charge in [-0.2, -0.15) is 0 Å². The summed E-state index contributed by atoms with van der Waals surface area (Å²) in [6.07, 6.45) is -0.948. The van der Waals surface area contributed by atoms with Gasteiger partial charge in [-0.25, -0.2) is 0 Å². The van der Waals surface area contributed by atoms with Gasteiger partial charge < -0.3 is 25.7 Å². The first-order chi connectivity index (χ1) is 13.4. The number of carbonyl (C=O) groups excluding carboxylic acids is 2. The number of amides is 2. The molecule has 1 aliphatic heterocycles. The zero-order valence-electron chi connectivity index (χ0n) is 15.9. The third-order valence-corrected chi connectivity index (χ3v) is 4.96. The summed E-state index contributed by atoms with van der Waals surface area (Å²) in [4.78, 5) is 27.4. The smallest absolute Gasteiger partial charge is 0.253 e. The SMILES string of the molecule is CC(NCC(O)CO)C(=O)NC1C(=O)N(C)c2ccccc2-c2ccccc21. The van der Waals surface area contributed by atoms with E-state index in [1.807, 2.05) is 48.5 Å². The fourth-order valence-corrected chi connectivity index (χ4v) is 3.31. The van der Waals surface area contributed by atoms with Crippen LogP contribution < -0.4 is 15.5 Å². The minimum absolute atomic E-state index is 0.0750. The summed E-state index contributed by atoms with van der Waals surface area (Å²) in [7, 11) is 1.70. The number of rotatable bonds is 6. The molecule has 4 N–H and O–H groups in total. The topological polar surface area (TPSA) is 102 Å². The zero-order valence-corrected chi connectivity index (χ0v) is 15.9. The van der Waals surface area contributed by atoms with Crippen LogP contribution in [0.15, 0.2) is 48.5 Å². The van der Waals surface area contributed by atoms with Gasteiger partial charge in [0.05, 0.1) is 24.4 Å². The van der Waals surface area contributed by atoms with Gasteiger partial charge in [0.15, 0.2) is 0 Å². The third kappa shape index (κ3) is 3.91. The standard InChI is InChI=1S/C21H25N3O4/c1-13(22-11-14(26)12-25)20(27)23-19-17-9-4-3-7-15(17)16-8-5-6-10-18(16)24(2)21(19)28/h3-10,13-14,19,22,25-26H,11-12H2,1-2H3,(H,23,27). The number of hydrogen-bond acceptors (Lipinski definition) is 5. The highest BCUT2D eigenvalue weighted by molar-refractivity contribution is 6.06. The Hall–Kier alpha value is -2.74. The molecule has 0 bridgehead atoms. The third-order valence-electron chi connectivity index (χ3n) is 4.96.